The summed E-state index contributed by atoms with van der Waals surface area (Å²) in [6.45, 7) is 2.41. The van der Waals surface area contributed by atoms with E-state index in [-0.39, 0.29) is 0 Å². The maximum absolute atomic E-state index is 8.66. The van der Waals surface area contributed by atoms with Crippen LogP contribution in [0.2, 0.25) is 0 Å². The first kappa shape index (κ1) is 12.0. The molecule has 1 aliphatic heterocycles. The molecule has 1 aromatic carbocycles. The minimum atomic E-state index is 0.311. The smallest absolute Gasteiger partial charge is 0.0431 e. The van der Waals surface area contributed by atoms with Gasteiger partial charge in [0, 0.05) is 23.3 Å². The van der Waals surface area contributed by atoms with Crippen molar-refractivity contribution in [2.24, 2.45) is 0 Å². The molecule has 0 saturated carbocycles. The standard InChI is InChI=1S/C13H19NOS/c15-8-4-3-7-14-10-12-9-11-5-1-2-6-13(11)16-12/h1-2,5-6,12,14-15H,3-4,7-10H2. The Kier molecular flexibility index (Phi) is 4.69. The lowest BCUT2D eigenvalue weighted by atomic mass is 10.1. The molecule has 2 rings (SSSR count). The third-order valence-corrected chi connectivity index (χ3v) is 4.17. The van der Waals surface area contributed by atoms with Gasteiger partial charge in [0.15, 0.2) is 0 Å². The SMILES string of the molecule is OCCCCNCC1Cc2ccccc2S1. The summed E-state index contributed by atoms with van der Waals surface area (Å²) in [5.41, 5.74) is 1.50. The fourth-order valence-electron chi connectivity index (χ4n) is 1.99. The van der Waals surface area contributed by atoms with Crippen LogP contribution in [0, 0.1) is 0 Å². The first-order chi connectivity index (χ1) is 7.90. The summed E-state index contributed by atoms with van der Waals surface area (Å²) in [4.78, 5) is 1.45. The molecule has 88 valence electrons. The van der Waals surface area contributed by atoms with Crippen LogP contribution in [-0.4, -0.2) is 30.1 Å². The Morgan fingerprint density at radius 1 is 1.31 bits per heavy atom. The highest BCUT2D eigenvalue weighted by atomic mass is 32.2. The van der Waals surface area contributed by atoms with Gasteiger partial charge in [-0.05, 0) is 37.4 Å². The molecule has 0 spiro atoms. The molecule has 0 aromatic heterocycles. The number of unbranched alkanes of at least 4 members (excludes halogenated alkanes) is 1. The monoisotopic (exact) mass is 237 g/mol. The molecule has 0 amide bonds. The summed E-state index contributed by atoms with van der Waals surface area (Å²) in [5.74, 6) is 0. The number of aliphatic hydroxyl groups excluding tert-OH is 1. The molecule has 1 aliphatic rings. The van der Waals surface area contributed by atoms with Crippen LogP contribution in [0.1, 0.15) is 18.4 Å². The Morgan fingerprint density at radius 2 is 2.19 bits per heavy atom. The highest BCUT2D eigenvalue weighted by Gasteiger charge is 2.20. The number of fused-ring (bicyclic) bond motifs is 1. The Balaban J connectivity index is 1.67. The molecular weight excluding hydrogens is 218 g/mol. The maximum Gasteiger partial charge on any atom is 0.0431 e. The number of hydrogen-bond acceptors (Lipinski definition) is 3. The fourth-order valence-corrected chi connectivity index (χ4v) is 3.28. The van der Waals surface area contributed by atoms with Gasteiger partial charge in [-0.3, -0.25) is 0 Å². The van der Waals surface area contributed by atoms with Crippen molar-refractivity contribution in [3.8, 4) is 0 Å². The Morgan fingerprint density at radius 3 is 3.00 bits per heavy atom. The van der Waals surface area contributed by atoms with E-state index in [1.807, 2.05) is 11.8 Å². The summed E-state index contributed by atoms with van der Waals surface area (Å²) >= 11 is 1.99. The van der Waals surface area contributed by atoms with E-state index in [1.165, 1.54) is 16.9 Å². The summed E-state index contributed by atoms with van der Waals surface area (Å²) in [6.07, 6.45) is 3.17. The van der Waals surface area contributed by atoms with Crippen LogP contribution in [0.4, 0.5) is 0 Å². The second kappa shape index (κ2) is 6.28. The second-order valence-corrected chi connectivity index (χ2v) is 5.53. The second-order valence-electron chi connectivity index (χ2n) is 4.19. The van der Waals surface area contributed by atoms with Gasteiger partial charge in [0.25, 0.3) is 0 Å². The molecular formula is C13H19NOS. The summed E-state index contributed by atoms with van der Waals surface area (Å²) in [7, 11) is 0. The van der Waals surface area contributed by atoms with E-state index in [9.17, 15) is 0 Å². The van der Waals surface area contributed by atoms with Crippen LogP contribution in [0.3, 0.4) is 0 Å². The van der Waals surface area contributed by atoms with Crippen molar-refractivity contribution in [1.29, 1.82) is 0 Å². The number of rotatable bonds is 6. The third-order valence-electron chi connectivity index (χ3n) is 2.85. The first-order valence-electron chi connectivity index (χ1n) is 5.96. The molecule has 0 saturated heterocycles. The molecule has 1 aromatic rings. The van der Waals surface area contributed by atoms with Crippen molar-refractivity contribution < 1.29 is 5.11 Å². The lowest BCUT2D eigenvalue weighted by Gasteiger charge is -2.09. The van der Waals surface area contributed by atoms with E-state index in [4.69, 9.17) is 5.11 Å². The average Bonchev–Trinajstić information content (AvgIpc) is 2.71. The van der Waals surface area contributed by atoms with Crippen LogP contribution >= 0.6 is 11.8 Å². The molecule has 1 heterocycles. The zero-order chi connectivity index (χ0) is 11.2. The van der Waals surface area contributed by atoms with Crippen molar-refractivity contribution in [3.63, 3.8) is 0 Å². The molecule has 1 atom stereocenters. The number of aliphatic hydroxyl groups is 1. The van der Waals surface area contributed by atoms with Crippen molar-refractivity contribution >= 4 is 11.8 Å². The topological polar surface area (TPSA) is 32.3 Å². The maximum atomic E-state index is 8.66. The number of hydrogen-bond donors (Lipinski definition) is 2. The minimum Gasteiger partial charge on any atom is -0.396 e. The van der Waals surface area contributed by atoms with Gasteiger partial charge in [-0.15, -0.1) is 11.8 Å². The molecule has 3 heteroatoms. The average molecular weight is 237 g/mol. The molecule has 1 unspecified atom stereocenters. The number of nitrogens with one attached hydrogen (secondary N) is 1. The predicted octanol–water partition coefficient (Wildman–Crippen LogP) is 2.07. The van der Waals surface area contributed by atoms with E-state index in [0.29, 0.717) is 11.9 Å². The number of thioether (sulfide) groups is 1. The van der Waals surface area contributed by atoms with E-state index in [2.05, 4.69) is 29.6 Å². The van der Waals surface area contributed by atoms with Crippen LogP contribution in [-0.2, 0) is 6.42 Å². The van der Waals surface area contributed by atoms with Crippen LogP contribution in [0.5, 0.6) is 0 Å². The fraction of sp³-hybridized carbons (Fsp3) is 0.538. The van der Waals surface area contributed by atoms with Crippen molar-refractivity contribution in [3.05, 3.63) is 29.8 Å². The molecule has 2 nitrogen and oxygen atoms in total. The Labute approximate surface area is 101 Å². The minimum absolute atomic E-state index is 0.311. The van der Waals surface area contributed by atoms with E-state index in [1.54, 1.807) is 0 Å². The largest absolute Gasteiger partial charge is 0.396 e. The molecule has 16 heavy (non-hydrogen) atoms. The number of benzene rings is 1. The van der Waals surface area contributed by atoms with Gasteiger partial charge in [-0.25, -0.2) is 0 Å². The lowest BCUT2D eigenvalue weighted by Crippen LogP contribution is -2.25. The van der Waals surface area contributed by atoms with E-state index < -0.39 is 0 Å². The lowest BCUT2D eigenvalue weighted by molar-refractivity contribution is 0.284. The van der Waals surface area contributed by atoms with Crippen LogP contribution in [0.15, 0.2) is 29.2 Å². The normalized spacial score (nSPS) is 18.7. The van der Waals surface area contributed by atoms with Crippen molar-refractivity contribution in [2.45, 2.75) is 29.4 Å². The Hall–Kier alpha value is -0.510. The summed E-state index contributed by atoms with van der Waals surface area (Å²) < 4.78 is 0. The van der Waals surface area contributed by atoms with Gasteiger partial charge < -0.3 is 10.4 Å². The molecule has 0 radical (unpaired) electrons. The van der Waals surface area contributed by atoms with Crippen molar-refractivity contribution in [1.82, 2.24) is 5.32 Å². The molecule has 0 aliphatic carbocycles. The van der Waals surface area contributed by atoms with Gasteiger partial charge >= 0.3 is 0 Å². The van der Waals surface area contributed by atoms with Gasteiger partial charge in [0.2, 0.25) is 0 Å². The molecule has 0 bridgehead atoms. The zero-order valence-corrected chi connectivity index (χ0v) is 10.3. The van der Waals surface area contributed by atoms with E-state index in [0.717, 1.165) is 25.9 Å². The summed E-state index contributed by atoms with van der Waals surface area (Å²) in [6, 6.07) is 8.68. The Bertz CT molecular complexity index is 304. The highest BCUT2D eigenvalue weighted by molar-refractivity contribution is 8.00. The van der Waals surface area contributed by atoms with Gasteiger partial charge in [0.05, 0.1) is 0 Å². The zero-order valence-electron chi connectivity index (χ0n) is 9.48. The molecule has 0 fully saturated rings. The van der Waals surface area contributed by atoms with Crippen LogP contribution < -0.4 is 5.32 Å². The van der Waals surface area contributed by atoms with Gasteiger partial charge in [-0.2, -0.15) is 0 Å². The van der Waals surface area contributed by atoms with Crippen molar-refractivity contribution in [2.75, 3.05) is 19.7 Å². The predicted molar refractivity (Wildman–Crippen MR) is 69.0 cm³/mol. The molecule has 2 N–H and O–H groups in total. The van der Waals surface area contributed by atoms with E-state index >= 15 is 0 Å². The first-order valence-corrected chi connectivity index (χ1v) is 6.84. The quantitative estimate of drug-likeness (QED) is 0.743. The van der Waals surface area contributed by atoms with Gasteiger partial charge in [0.1, 0.15) is 0 Å². The van der Waals surface area contributed by atoms with Crippen LogP contribution in [0.25, 0.3) is 0 Å². The highest BCUT2D eigenvalue weighted by Crippen LogP contribution is 2.36. The summed E-state index contributed by atoms with van der Waals surface area (Å²) in [5, 5.41) is 12.8. The van der Waals surface area contributed by atoms with Gasteiger partial charge in [-0.1, -0.05) is 18.2 Å². The third kappa shape index (κ3) is 3.24.